The number of ether oxygens (including phenoxy) is 2. The number of hydrogen-bond donors (Lipinski definition) is 0. The van der Waals surface area contributed by atoms with Gasteiger partial charge in [-0.2, -0.15) is 0 Å². The maximum absolute atomic E-state index is 11.2. The zero-order valence-corrected chi connectivity index (χ0v) is 9.74. The second-order valence-electron chi connectivity index (χ2n) is 3.12. The highest BCUT2D eigenvalue weighted by Gasteiger charge is 2.13. The van der Waals surface area contributed by atoms with E-state index < -0.39 is 17.7 Å². The summed E-state index contributed by atoms with van der Waals surface area (Å²) in [5.41, 5.74) is 0.144. The van der Waals surface area contributed by atoms with Gasteiger partial charge in [0.25, 0.3) is 0 Å². The second-order valence-corrected chi connectivity index (χ2v) is 3.12. The highest BCUT2D eigenvalue weighted by Crippen LogP contribution is 1.99. The van der Waals surface area contributed by atoms with Crippen LogP contribution in [0, 0.1) is 0 Å². The van der Waals surface area contributed by atoms with Crippen LogP contribution in [0.25, 0.3) is 0 Å². The van der Waals surface area contributed by atoms with Gasteiger partial charge in [0, 0.05) is 6.42 Å². The van der Waals surface area contributed by atoms with Gasteiger partial charge in [0.05, 0.1) is 12.2 Å². The molecule has 0 saturated heterocycles. The molecule has 0 aromatic heterocycles. The molecular formula is C11H16O5. The Labute approximate surface area is 94.4 Å². The first-order valence-electron chi connectivity index (χ1n) is 5.10. The standard InChI is InChI=1S/C11H16O5/c1-4-6-15-10(13)8(3)7-16-11(14)9(12)5-2/h7H,4-6H2,1-3H3. The third-order valence-corrected chi connectivity index (χ3v) is 1.65. The van der Waals surface area contributed by atoms with Crippen molar-refractivity contribution < 1.29 is 23.9 Å². The first-order chi connectivity index (χ1) is 7.52. The molecule has 0 bridgehead atoms. The lowest BCUT2D eigenvalue weighted by atomic mass is 10.3. The molecule has 0 aromatic rings. The Morgan fingerprint density at radius 3 is 2.25 bits per heavy atom. The van der Waals surface area contributed by atoms with Crippen molar-refractivity contribution in [1.29, 1.82) is 0 Å². The number of carbonyl (C=O) groups excluding carboxylic acids is 3. The van der Waals surface area contributed by atoms with Crippen molar-refractivity contribution in [3.63, 3.8) is 0 Å². The number of Topliss-reactive ketones (excluding diaryl/α,β-unsaturated/α-hetero) is 1. The van der Waals surface area contributed by atoms with Crippen LogP contribution in [0.2, 0.25) is 0 Å². The summed E-state index contributed by atoms with van der Waals surface area (Å²) in [5.74, 6) is -2.16. The molecule has 0 N–H and O–H groups in total. The lowest BCUT2D eigenvalue weighted by molar-refractivity contribution is -0.149. The van der Waals surface area contributed by atoms with Gasteiger partial charge in [0.2, 0.25) is 5.78 Å². The molecule has 0 aliphatic rings. The van der Waals surface area contributed by atoms with Crippen LogP contribution >= 0.6 is 0 Å². The number of ketones is 1. The van der Waals surface area contributed by atoms with E-state index in [4.69, 9.17) is 4.74 Å². The summed E-state index contributed by atoms with van der Waals surface area (Å²) in [6, 6.07) is 0. The van der Waals surface area contributed by atoms with Crippen LogP contribution in [-0.4, -0.2) is 24.3 Å². The highest BCUT2D eigenvalue weighted by molar-refractivity contribution is 6.33. The van der Waals surface area contributed by atoms with Gasteiger partial charge in [-0.1, -0.05) is 13.8 Å². The molecule has 0 unspecified atom stereocenters. The maximum atomic E-state index is 11.2. The van der Waals surface area contributed by atoms with E-state index in [-0.39, 0.29) is 12.0 Å². The largest absolute Gasteiger partial charge is 0.462 e. The van der Waals surface area contributed by atoms with E-state index in [0.717, 1.165) is 6.26 Å². The molecule has 5 nitrogen and oxygen atoms in total. The lowest BCUT2D eigenvalue weighted by Crippen LogP contribution is -2.14. The zero-order valence-electron chi connectivity index (χ0n) is 9.74. The molecule has 16 heavy (non-hydrogen) atoms. The van der Waals surface area contributed by atoms with Crippen molar-refractivity contribution in [2.75, 3.05) is 6.61 Å². The third-order valence-electron chi connectivity index (χ3n) is 1.65. The van der Waals surface area contributed by atoms with Gasteiger partial charge in [-0.3, -0.25) is 4.79 Å². The zero-order chi connectivity index (χ0) is 12.6. The maximum Gasteiger partial charge on any atom is 0.379 e. The minimum Gasteiger partial charge on any atom is -0.462 e. The second kappa shape index (κ2) is 7.62. The Morgan fingerprint density at radius 2 is 1.75 bits per heavy atom. The minimum absolute atomic E-state index is 0.0754. The topological polar surface area (TPSA) is 69.7 Å². The third kappa shape index (κ3) is 5.29. The monoisotopic (exact) mass is 228 g/mol. The van der Waals surface area contributed by atoms with Crippen molar-refractivity contribution in [2.24, 2.45) is 0 Å². The van der Waals surface area contributed by atoms with Crippen molar-refractivity contribution in [3.8, 4) is 0 Å². The molecule has 0 spiro atoms. The SMILES string of the molecule is CCCOC(=O)C(C)=COC(=O)C(=O)CC. The highest BCUT2D eigenvalue weighted by atomic mass is 16.5. The van der Waals surface area contributed by atoms with E-state index in [1.807, 2.05) is 6.92 Å². The summed E-state index contributed by atoms with van der Waals surface area (Å²) in [5, 5.41) is 0. The van der Waals surface area contributed by atoms with Crippen molar-refractivity contribution in [3.05, 3.63) is 11.8 Å². The van der Waals surface area contributed by atoms with Crippen LogP contribution in [0.3, 0.4) is 0 Å². The van der Waals surface area contributed by atoms with Crippen molar-refractivity contribution >= 4 is 17.7 Å². The smallest absolute Gasteiger partial charge is 0.379 e. The first-order valence-corrected chi connectivity index (χ1v) is 5.10. The predicted octanol–water partition coefficient (Wildman–Crippen LogP) is 1.37. The normalized spacial score (nSPS) is 10.8. The molecule has 0 aromatic carbocycles. The quantitative estimate of drug-likeness (QED) is 0.297. The fourth-order valence-electron chi connectivity index (χ4n) is 0.709. The summed E-state index contributed by atoms with van der Waals surface area (Å²) >= 11 is 0. The van der Waals surface area contributed by atoms with Crippen molar-refractivity contribution in [1.82, 2.24) is 0 Å². The Hall–Kier alpha value is -1.65. The van der Waals surface area contributed by atoms with Gasteiger partial charge in [-0.25, -0.2) is 9.59 Å². The van der Waals surface area contributed by atoms with Crippen LogP contribution in [0.5, 0.6) is 0 Å². The van der Waals surface area contributed by atoms with Gasteiger partial charge >= 0.3 is 11.9 Å². The number of hydrogen-bond acceptors (Lipinski definition) is 5. The average Bonchev–Trinajstić information content (AvgIpc) is 2.31. The molecule has 0 radical (unpaired) electrons. The Balaban J connectivity index is 4.18. The van der Waals surface area contributed by atoms with Gasteiger partial charge in [-0.05, 0) is 13.3 Å². The van der Waals surface area contributed by atoms with Crippen LogP contribution in [0.4, 0.5) is 0 Å². The van der Waals surface area contributed by atoms with Gasteiger partial charge < -0.3 is 9.47 Å². The molecule has 0 saturated carbocycles. The molecule has 0 fully saturated rings. The summed E-state index contributed by atoms with van der Waals surface area (Å²) in [6.07, 6.45) is 1.73. The Kier molecular flexibility index (Phi) is 6.83. The summed E-state index contributed by atoms with van der Waals surface area (Å²) in [7, 11) is 0. The van der Waals surface area contributed by atoms with Crippen LogP contribution in [0.1, 0.15) is 33.6 Å². The van der Waals surface area contributed by atoms with E-state index >= 15 is 0 Å². The minimum atomic E-state index is -0.967. The number of esters is 2. The lowest BCUT2D eigenvalue weighted by Gasteiger charge is -2.02. The van der Waals surface area contributed by atoms with Crippen molar-refractivity contribution in [2.45, 2.75) is 33.6 Å². The van der Waals surface area contributed by atoms with E-state index in [2.05, 4.69) is 4.74 Å². The molecule has 90 valence electrons. The molecule has 0 aliphatic carbocycles. The van der Waals surface area contributed by atoms with Gasteiger partial charge in [0.1, 0.15) is 6.26 Å². The summed E-state index contributed by atoms with van der Waals surface area (Å²) in [6.45, 7) is 5.18. The predicted molar refractivity (Wildman–Crippen MR) is 56.4 cm³/mol. The average molecular weight is 228 g/mol. The molecule has 0 atom stereocenters. The molecular weight excluding hydrogens is 212 g/mol. The van der Waals surface area contributed by atoms with Gasteiger partial charge in [-0.15, -0.1) is 0 Å². The first kappa shape index (κ1) is 14.3. The number of carbonyl (C=O) groups is 3. The molecule has 0 aliphatic heterocycles. The number of rotatable bonds is 6. The molecule has 0 amide bonds. The molecule has 5 heteroatoms. The fraction of sp³-hybridized carbons (Fsp3) is 0.545. The Morgan fingerprint density at radius 1 is 1.12 bits per heavy atom. The molecule has 0 heterocycles. The fourth-order valence-corrected chi connectivity index (χ4v) is 0.709. The van der Waals surface area contributed by atoms with Crippen LogP contribution < -0.4 is 0 Å². The van der Waals surface area contributed by atoms with E-state index in [0.29, 0.717) is 13.0 Å². The molecule has 0 rings (SSSR count). The summed E-state index contributed by atoms with van der Waals surface area (Å²) in [4.78, 5) is 33.0. The van der Waals surface area contributed by atoms with E-state index in [1.54, 1.807) is 6.92 Å². The van der Waals surface area contributed by atoms with E-state index in [1.165, 1.54) is 6.92 Å². The van der Waals surface area contributed by atoms with E-state index in [9.17, 15) is 14.4 Å². The summed E-state index contributed by atoms with van der Waals surface area (Å²) < 4.78 is 9.29. The van der Waals surface area contributed by atoms with Crippen LogP contribution in [0.15, 0.2) is 11.8 Å². The van der Waals surface area contributed by atoms with Gasteiger partial charge in [0.15, 0.2) is 0 Å². The van der Waals surface area contributed by atoms with Crippen LogP contribution in [-0.2, 0) is 23.9 Å². The Bertz CT molecular complexity index is 303.